The average molecular weight is 347 g/mol. The monoisotopic (exact) mass is 347 g/mol. The summed E-state index contributed by atoms with van der Waals surface area (Å²) in [5, 5.41) is 8.19. The van der Waals surface area contributed by atoms with Gasteiger partial charge in [-0.15, -0.1) is 0 Å². The van der Waals surface area contributed by atoms with E-state index in [1.165, 1.54) is 14.1 Å². The SMILES string of the molecule is Cc1cc(-c2nc(CS(=O)(=O)N(C)C)no2)nn1-c1ccccc1. The van der Waals surface area contributed by atoms with E-state index in [4.69, 9.17) is 4.52 Å². The highest BCUT2D eigenvalue weighted by Gasteiger charge is 2.20. The number of benzene rings is 1. The van der Waals surface area contributed by atoms with Gasteiger partial charge in [-0.2, -0.15) is 10.1 Å². The first-order chi connectivity index (χ1) is 11.4. The Morgan fingerprint density at radius 3 is 2.58 bits per heavy atom. The van der Waals surface area contributed by atoms with Crippen molar-refractivity contribution in [3.63, 3.8) is 0 Å². The summed E-state index contributed by atoms with van der Waals surface area (Å²) in [6, 6.07) is 11.5. The fourth-order valence-corrected chi connectivity index (χ4v) is 2.82. The lowest BCUT2D eigenvalue weighted by Crippen LogP contribution is -2.24. The third-order valence-corrected chi connectivity index (χ3v) is 5.18. The van der Waals surface area contributed by atoms with Crippen LogP contribution >= 0.6 is 0 Å². The van der Waals surface area contributed by atoms with Crippen molar-refractivity contribution in [3.05, 3.63) is 47.9 Å². The van der Waals surface area contributed by atoms with Crippen molar-refractivity contribution in [1.82, 2.24) is 24.2 Å². The van der Waals surface area contributed by atoms with Crippen LogP contribution in [0.25, 0.3) is 17.3 Å². The Bertz CT molecular complexity index is 945. The molecule has 0 aliphatic heterocycles. The third-order valence-electron chi connectivity index (χ3n) is 3.44. The molecule has 9 heteroatoms. The van der Waals surface area contributed by atoms with Gasteiger partial charge in [-0.05, 0) is 25.1 Å². The van der Waals surface area contributed by atoms with E-state index in [1.807, 2.05) is 43.3 Å². The zero-order valence-corrected chi connectivity index (χ0v) is 14.4. The lowest BCUT2D eigenvalue weighted by Gasteiger charge is -2.07. The van der Waals surface area contributed by atoms with E-state index in [9.17, 15) is 8.42 Å². The van der Waals surface area contributed by atoms with Crippen molar-refractivity contribution in [2.45, 2.75) is 12.7 Å². The zero-order valence-electron chi connectivity index (χ0n) is 13.5. The summed E-state index contributed by atoms with van der Waals surface area (Å²) in [7, 11) is -0.524. The van der Waals surface area contributed by atoms with Crippen LogP contribution in [0.3, 0.4) is 0 Å². The summed E-state index contributed by atoms with van der Waals surface area (Å²) in [6.07, 6.45) is 0. The number of rotatable bonds is 5. The molecule has 0 amide bonds. The van der Waals surface area contributed by atoms with Gasteiger partial charge in [0.1, 0.15) is 5.75 Å². The predicted octanol–water partition coefficient (Wildman–Crippen LogP) is 1.62. The smallest absolute Gasteiger partial charge is 0.278 e. The Labute approximate surface area is 139 Å². The summed E-state index contributed by atoms with van der Waals surface area (Å²) in [6.45, 7) is 1.91. The second-order valence-electron chi connectivity index (χ2n) is 5.47. The molecule has 0 N–H and O–H groups in total. The largest absolute Gasteiger partial charge is 0.332 e. The van der Waals surface area contributed by atoms with Crippen molar-refractivity contribution >= 4 is 10.0 Å². The van der Waals surface area contributed by atoms with Crippen molar-refractivity contribution in [3.8, 4) is 17.3 Å². The standard InChI is InChI=1S/C15H17N5O3S/c1-11-9-13(17-20(11)12-7-5-4-6-8-12)15-16-14(18-23-15)10-24(21,22)19(2)3/h4-9H,10H2,1-3H3. The fraction of sp³-hybridized carbons (Fsp3) is 0.267. The number of aromatic nitrogens is 4. The second-order valence-corrected chi connectivity index (χ2v) is 7.66. The maximum Gasteiger partial charge on any atom is 0.278 e. The van der Waals surface area contributed by atoms with Gasteiger partial charge in [0.15, 0.2) is 11.5 Å². The molecule has 0 atom stereocenters. The molecule has 0 aliphatic carbocycles. The predicted molar refractivity (Wildman–Crippen MR) is 87.9 cm³/mol. The first-order valence-corrected chi connectivity index (χ1v) is 8.83. The van der Waals surface area contributed by atoms with Gasteiger partial charge in [0, 0.05) is 19.8 Å². The van der Waals surface area contributed by atoms with Gasteiger partial charge in [0.2, 0.25) is 10.0 Å². The molecule has 126 valence electrons. The van der Waals surface area contributed by atoms with Crippen LogP contribution < -0.4 is 0 Å². The molecule has 0 fully saturated rings. The van der Waals surface area contributed by atoms with E-state index in [2.05, 4.69) is 15.2 Å². The fourth-order valence-electron chi connectivity index (χ4n) is 2.12. The first-order valence-electron chi connectivity index (χ1n) is 7.22. The van der Waals surface area contributed by atoms with Crippen LogP contribution in [0.2, 0.25) is 0 Å². The van der Waals surface area contributed by atoms with Gasteiger partial charge in [0.05, 0.1) is 5.69 Å². The molecule has 0 radical (unpaired) electrons. The molecular formula is C15H17N5O3S. The summed E-state index contributed by atoms with van der Waals surface area (Å²) < 4.78 is 31.8. The summed E-state index contributed by atoms with van der Waals surface area (Å²) >= 11 is 0. The molecule has 24 heavy (non-hydrogen) atoms. The van der Waals surface area contributed by atoms with Gasteiger partial charge in [-0.25, -0.2) is 17.4 Å². The van der Waals surface area contributed by atoms with Crippen molar-refractivity contribution in [1.29, 1.82) is 0 Å². The van der Waals surface area contributed by atoms with Gasteiger partial charge in [-0.1, -0.05) is 23.4 Å². The Kier molecular flexibility index (Phi) is 4.20. The second kappa shape index (κ2) is 6.17. The molecule has 1 aromatic carbocycles. The molecule has 2 aromatic heterocycles. The van der Waals surface area contributed by atoms with Crippen LogP contribution in [0, 0.1) is 6.92 Å². The van der Waals surface area contributed by atoms with Crippen LogP contribution in [0.1, 0.15) is 11.5 Å². The minimum Gasteiger partial charge on any atom is -0.332 e. The average Bonchev–Trinajstić information content (AvgIpc) is 3.14. The molecule has 0 aliphatic rings. The summed E-state index contributed by atoms with van der Waals surface area (Å²) in [5.74, 6) is -0.0237. The van der Waals surface area contributed by atoms with Crippen LogP contribution in [-0.2, 0) is 15.8 Å². The first kappa shape index (κ1) is 16.3. The van der Waals surface area contributed by atoms with Crippen LogP contribution in [0.4, 0.5) is 0 Å². The molecule has 0 saturated heterocycles. The number of sulfonamides is 1. The Morgan fingerprint density at radius 1 is 1.21 bits per heavy atom. The van der Waals surface area contributed by atoms with E-state index in [0.717, 1.165) is 15.7 Å². The highest BCUT2D eigenvalue weighted by molar-refractivity contribution is 7.88. The van der Waals surface area contributed by atoms with Gasteiger partial charge in [0.25, 0.3) is 5.89 Å². The van der Waals surface area contributed by atoms with E-state index in [1.54, 1.807) is 4.68 Å². The van der Waals surface area contributed by atoms with Crippen LogP contribution in [-0.4, -0.2) is 46.7 Å². The molecule has 0 bridgehead atoms. The van der Waals surface area contributed by atoms with E-state index >= 15 is 0 Å². The number of hydrogen-bond donors (Lipinski definition) is 0. The molecule has 0 unspecified atom stereocenters. The highest BCUT2D eigenvalue weighted by Crippen LogP contribution is 2.20. The third kappa shape index (κ3) is 3.22. The van der Waals surface area contributed by atoms with Crippen LogP contribution in [0.5, 0.6) is 0 Å². The number of aryl methyl sites for hydroxylation is 1. The molecule has 0 saturated carbocycles. The summed E-state index contributed by atoms with van der Waals surface area (Å²) in [4.78, 5) is 4.14. The topological polar surface area (TPSA) is 94.1 Å². The minimum atomic E-state index is -3.44. The molecular weight excluding hydrogens is 330 g/mol. The van der Waals surface area contributed by atoms with Gasteiger partial charge in [-0.3, -0.25) is 0 Å². The highest BCUT2D eigenvalue weighted by atomic mass is 32.2. The summed E-state index contributed by atoms with van der Waals surface area (Å²) in [5.41, 5.74) is 2.31. The quantitative estimate of drug-likeness (QED) is 0.696. The number of nitrogens with zero attached hydrogens (tertiary/aromatic N) is 5. The molecule has 2 heterocycles. The molecule has 3 aromatic rings. The maximum absolute atomic E-state index is 11.9. The Balaban J connectivity index is 1.89. The zero-order chi connectivity index (χ0) is 17.3. The normalized spacial score (nSPS) is 12.0. The molecule has 3 rings (SSSR count). The van der Waals surface area contributed by atoms with Crippen molar-refractivity contribution in [2.75, 3.05) is 14.1 Å². The maximum atomic E-state index is 11.9. The lowest BCUT2D eigenvalue weighted by molar-refractivity contribution is 0.422. The van der Waals surface area contributed by atoms with Crippen molar-refractivity contribution < 1.29 is 12.9 Å². The van der Waals surface area contributed by atoms with Crippen LogP contribution in [0.15, 0.2) is 40.9 Å². The van der Waals surface area contributed by atoms with E-state index in [-0.39, 0.29) is 17.5 Å². The van der Waals surface area contributed by atoms with Crippen molar-refractivity contribution in [2.24, 2.45) is 0 Å². The Morgan fingerprint density at radius 2 is 1.92 bits per heavy atom. The number of hydrogen-bond acceptors (Lipinski definition) is 6. The number of para-hydroxylation sites is 1. The Hall–Kier alpha value is -2.52. The van der Waals surface area contributed by atoms with E-state index < -0.39 is 10.0 Å². The minimum absolute atomic E-state index is 0.102. The van der Waals surface area contributed by atoms with E-state index in [0.29, 0.717) is 5.69 Å². The van der Waals surface area contributed by atoms with Gasteiger partial charge < -0.3 is 4.52 Å². The van der Waals surface area contributed by atoms with Gasteiger partial charge >= 0.3 is 0 Å². The lowest BCUT2D eigenvalue weighted by atomic mass is 10.3. The molecule has 8 nitrogen and oxygen atoms in total. The molecule has 0 spiro atoms.